The van der Waals surface area contributed by atoms with Gasteiger partial charge in [-0.05, 0) is 94.8 Å². The molecular formula is C39H60O13. The fourth-order valence-electron chi connectivity index (χ4n) is 11.9. The van der Waals surface area contributed by atoms with E-state index in [9.17, 15) is 40.5 Å². The van der Waals surface area contributed by atoms with Gasteiger partial charge < -0.3 is 64.2 Å². The van der Waals surface area contributed by atoms with Crippen molar-refractivity contribution in [1.29, 1.82) is 0 Å². The number of carbonyl (C=O) groups is 1. The second kappa shape index (κ2) is 14.6. The Bertz CT molecular complexity index is 1370. The molecule has 1 unspecified atom stereocenters. The quantitative estimate of drug-likeness (QED) is 0.146. The summed E-state index contributed by atoms with van der Waals surface area (Å²) in [6, 6.07) is 0. The molecule has 0 aromatic heterocycles. The van der Waals surface area contributed by atoms with E-state index < -0.39 is 79.7 Å². The molecule has 0 aromatic rings. The number of aliphatic hydroxyl groups is 7. The summed E-state index contributed by atoms with van der Waals surface area (Å²) < 4.78 is 30.3. The van der Waals surface area contributed by atoms with Gasteiger partial charge in [-0.15, -0.1) is 0 Å². The van der Waals surface area contributed by atoms with Crippen molar-refractivity contribution in [1.82, 2.24) is 0 Å². The Morgan fingerprint density at radius 3 is 2.35 bits per heavy atom. The average Bonchev–Trinajstić information content (AvgIpc) is 3.45. The smallest absolute Gasteiger partial charge is 0.187 e. The lowest BCUT2D eigenvalue weighted by Crippen LogP contribution is -2.64. The first kappa shape index (κ1) is 38.9. The molecule has 294 valence electrons. The van der Waals surface area contributed by atoms with Crippen LogP contribution in [0.4, 0.5) is 0 Å². The minimum absolute atomic E-state index is 0.0567. The average molecular weight is 737 g/mol. The molecule has 6 fully saturated rings. The van der Waals surface area contributed by atoms with Crippen molar-refractivity contribution in [3.63, 3.8) is 0 Å². The van der Waals surface area contributed by atoms with Gasteiger partial charge in [0.15, 0.2) is 18.9 Å². The molecule has 0 bridgehead atoms. The summed E-state index contributed by atoms with van der Waals surface area (Å²) in [4.78, 5) is 13.3. The number of ether oxygens (including phenoxy) is 5. The number of carbonyl (C=O) groups excluding carboxylic acids is 1. The molecule has 0 aromatic carbocycles. The maximum absolute atomic E-state index is 13.3. The zero-order valence-electron chi connectivity index (χ0n) is 30.9. The molecular weight excluding hydrogens is 676 g/mol. The summed E-state index contributed by atoms with van der Waals surface area (Å²) in [6.07, 6.45) is -3.97. The summed E-state index contributed by atoms with van der Waals surface area (Å²) in [6.45, 7) is 9.52. The van der Waals surface area contributed by atoms with Gasteiger partial charge in [0.25, 0.3) is 0 Å². The van der Waals surface area contributed by atoms with E-state index in [0.29, 0.717) is 24.7 Å². The molecule has 3 aliphatic heterocycles. The van der Waals surface area contributed by atoms with Gasteiger partial charge in [-0.1, -0.05) is 37.1 Å². The van der Waals surface area contributed by atoms with Crippen molar-refractivity contribution < 1.29 is 64.2 Å². The zero-order valence-corrected chi connectivity index (χ0v) is 30.9. The van der Waals surface area contributed by atoms with Crippen LogP contribution in [0.2, 0.25) is 0 Å². The Balaban J connectivity index is 1.08. The van der Waals surface area contributed by atoms with Crippen LogP contribution in [0.15, 0.2) is 23.3 Å². The summed E-state index contributed by atoms with van der Waals surface area (Å²) in [7, 11) is 0. The summed E-state index contributed by atoms with van der Waals surface area (Å²) in [5.41, 5.74) is 1.82. The molecule has 3 heterocycles. The molecule has 3 saturated heterocycles. The molecule has 13 heteroatoms. The predicted octanol–water partition coefficient (Wildman–Crippen LogP) is 1.33. The van der Waals surface area contributed by atoms with Crippen molar-refractivity contribution in [3.05, 3.63) is 23.3 Å². The van der Waals surface area contributed by atoms with E-state index in [2.05, 4.69) is 26.0 Å². The normalized spacial score (nSPS) is 54.5. The van der Waals surface area contributed by atoms with Crippen LogP contribution in [0.3, 0.4) is 0 Å². The van der Waals surface area contributed by atoms with Crippen LogP contribution in [0.1, 0.15) is 79.6 Å². The van der Waals surface area contributed by atoms with Gasteiger partial charge in [0.05, 0.1) is 24.9 Å². The van der Waals surface area contributed by atoms with E-state index in [1.807, 2.05) is 13.8 Å². The Kier molecular flexibility index (Phi) is 11.0. The van der Waals surface area contributed by atoms with E-state index in [1.165, 1.54) is 18.8 Å². The number of fused-ring (bicyclic) bond motifs is 7. The van der Waals surface area contributed by atoms with Gasteiger partial charge in [0.1, 0.15) is 49.0 Å². The third-order valence-electron chi connectivity index (χ3n) is 14.6. The van der Waals surface area contributed by atoms with Crippen LogP contribution in [-0.4, -0.2) is 129 Å². The molecule has 7 aliphatic rings. The highest BCUT2D eigenvalue weighted by Crippen LogP contribution is 2.68. The molecule has 21 atom stereocenters. The Hall–Kier alpha value is -1.33. The maximum atomic E-state index is 13.3. The molecule has 52 heavy (non-hydrogen) atoms. The van der Waals surface area contributed by atoms with Crippen molar-refractivity contribution in [2.45, 2.75) is 159 Å². The molecule has 4 aliphatic carbocycles. The topological polar surface area (TPSA) is 205 Å². The molecule has 13 nitrogen and oxygen atoms in total. The largest absolute Gasteiger partial charge is 0.394 e. The second-order valence-corrected chi connectivity index (χ2v) is 17.5. The SMILES string of the molecule is CC(C)=C[C@@H]1[C@@H](C)[C@H]2[C@H](C[C@H]3[C@@H]4CC=C5CC(O[C@@H]6O[C@H](CO)[C@@H](O)[C@H](O)[C@H]6O[C@@H]6O[C@@H](C)[C@H](O)[C@@H](O)[C@H]6O)CC[C@]5(C)[C@H]4CC[C@]23C=O)O[C@H]1O. The Morgan fingerprint density at radius 1 is 0.904 bits per heavy atom. The summed E-state index contributed by atoms with van der Waals surface area (Å²) in [5, 5.41) is 73.8. The van der Waals surface area contributed by atoms with Gasteiger partial charge in [0, 0.05) is 17.3 Å². The van der Waals surface area contributed by atoms with Crippen LogP contribution < -0.4 is 0 Å². The minimum Gasteiger partial charge on any atom is -0.394 e. The summed E-state index contributed by atoms with van der Waals surface area (Å²) in [5.74, 6) is 0.863. The first-order chi connectivity index (χ1) is 24.6. The number of aliphatic hydroxyl groups excluding tert-OH is 7. The van der Waals surface area contributed by atoms with Crippen molar-refractivity contribution in [3.8, 4) is 0 Å². The standard InChI is InChI=1S/C39H60O13/c1-17(2)12-23-18(3)28-26(50-35(23)47)14-25-22-7-6-20-13-21(8-10-38(20,5)24(22)9-11-39(25,28)16-41)49-37-34(32(45)30(43)27(15-40)51-37)52-36-33(46)31(44)29(42)19(4)48-36/h6,12,16,18-19,21-37,40,42-47H,7-11,13-15H2,1-5H3/t18-,19+,21?,22-,23-,24+,25+,26+,27-,28+,29+,30-,31-,32+,33-,34-,35-,36+,37-,38+,39-/m1/s1. The Labute approximate surface area is 305 Å². The zero-order chi connectivity index (χ0) is 37.4. The van der Waals surface area contributed by atoms with Gasteiger partial charge in [-0.3, -0.25) is 0 Å². The fraction of sp³-hybridized carbons (Fsp3) is 0.872. The third kappa shape index (κ3) is 6.28. The van der Waals surface area contributed by atoms with Crippen LogP contribution in [0, 0.1) is 46.3 Å². The van der Waals surface area contributed by atoms with Crippen molar-refractivity contribution in [2.75, 3.05) is 6.61 Å². The minimum atomic E-state index is -1.64. The van der Waals surface area contributed by atoms with E-state index >= 15 is 0 Å². The van der Waals surface area contributed by atoms with Gasteiger partial charge in [-0.25, -0.2) is 0 Å². The highest BCUT2D eigenvalue weighted by atomic mass is 16.8. The molecule has 0 spiro atoms. The monoisotopic (exact) mass is 736 g/mol. The molecule has 0 radical (unpaired) electrons. The van der Waals surface area contributed by atoms with E-state index in [1.54, 1.807) is 0 Å². The molecule has 7 rings (SSSR count). The van der Waals surface area contributed by atoms with E-state index in [-0.39, 0.29) is 41.3 Å². The van der Waals surface area contributed by atoms with Crippen LogP contribution in [0.25, 0.3) is 0 Å². The molecule has 3 saturated carbocycles. The fourth-order valence-corrected chi connectivity index (χ4v) is 11.9. The maximum Gasteiger partial charge on any atom is 0.187 e. The number of rotatable bonds is 7. The molecule has 7 N–H and O–H groups in total. The Morgan fingerprint density at radius 2 is 1.65 bits per heavy atom. The van der Waals surface area contributed by atoms with Crippen LogP contribution in [-0.2, 0) is 28.5 Å². The first-order valence-corrected chi connectivity index (χ1v) is 19.4. The lowest BCUT2D eigenvalue weighted by molar-refractivity contribution is -0.369. The van der Waals surface area contributed by atoms with Crippen LogP contribution in [0.5, 0.6) is 0 Å². The van der Waals surface area contributed by atoms with Crippen molar-refractivity contribution in [2.24, 2.45) is 46.3 Å². The van der Waals surface area contributed by atoms with Gasteiger partial charge >= 0.3 is 0 Å². The summed E-state index contributed by atoms with van der Waals surface area (Å²) >= 11 is 0. The van der Waals surface area contributed by atoms with E-state index in [4.69, 9.17) is 23.7 Å². The highest BCUT2D eigenvalue weighted by Gasteiger charge is 2.66. The lowest BCUT2D eigenvalue weighted by Gasteiger charge is -2.58. The van der Waals surface area contributed by atoms with Gasteiger partial charge in [-0.2, -0.15) is 0 Å². The first-order valence-electron chi connectivity index (χ1n) is 19.4. The molecule has 0 amide bonds. The van der Waals surface area contributed by atoms with Crippen LogP contribution >= 0.6 is 0 Å². The predicted molar refractivity (Wildman–Crippen MR) is 184 cm³/mol. The third-order valence-corrected chi connectivity index (χ3v) is 14.6. The second-order valence-electron chi connectivity index (χ2n) is 17.5. The van der Waals surface area contributed by atoms with E-state index in [0.717, 1.165) is 37.7 Å². The van der Waals surface area contributed by atoms with Crippen molar-refractivity contribution >= 4 is 6.29 Å². The number of hydrogen-bond donors (Lipinski definition) is 7. The highest BCUT2D eigenvalue weighted by molar-refractivity contribution is 5.63. The number of allylic oxidation sites excluding steroid dienone is 2. The lowest BCUT2D eigenvalue weighted by atomic mass is 9.46. The number of hydrogen-bond acceptors (Lipinski definition) is 13. The number of aldehydes is 1. The van der Waals surface area contributed by atoms with Gasteiger partial charge in [0.2, 0.25) is 0 Å².